The van der Waals surface area contributed by atoms with Gasteiger partial charge >= 0.3 is 0 Å². The number of hydrogen-bond acceptors (Lipinski definition) is 1. The third-order valence-corrected chi connectivity index (χ3v) is 0.390. The van der Waals surface area contributed by atoms with Crippen LogP contribution < -0.4 is 0 Å². The van der Waals surface area contributed by atoms with Crippen molar-refractivity contribution >= 4 is 15.1 Å². The van der Waals surface area contributed by atoms with Crippen molar-refractivity contribution in [1.82, 2.24) is 0 Å². The van der Waals surface area contributed by atoms with Gasteiger partial charge in [-0.25, -0.2) is 0 Å². The zero-order valence-corrected chi connectivity index (χ0v) is 3.90. The van der Waals surface area contributed by atoms with Gasteiger partial charge < -0.3 is 4.65 Å². The Balaban J connectivity index is 2.54. The van der Waals surface area contributed by atoms with Crippen LogP contribution in [0.5, 0.6) is 0 Å². The summed E-state index contributed by atoms with van der Waals surface area (Å²) in [7, 11) is 2.63. The Kier molecular flexibility index (Phi) is 4.38. The SMILES string of the molecule is BBOCC#C. The minimum Gasteiger partial charge on any atom is -0.439 e. The molecular weight excluding hydrogens is 73.7 g/mol. The lowest BCUT2D eigenvalue weighted by Crippen LogP contribution is -1.96. The van der Waals surface area contributed by atoms with E-state index in [4.69, 9.17) is 11.1 Å². The molecule has 1 nitrogen and oxygen atoms in total. The molecule has 0 bridgehead atoms. The highest BCUT2D eigenvalue weighted by Crippen LogP contribution is 1.58. The van der Waals surface area contributed by atoms with Crippen molar-refractivity contribution in [2.45, 2.75) is 0 Å². The molecule has 30 valence electrons. The van der Waals surface area contributed by atoms with Crippen LogP contribution in [0.15, 0.2) is 0 Å². The lowest BCUT2D eigenvalue weighted by Gasteiger charge is -1.85. The van der Waals surface area contributed by atoms with Crippen molar-refractivity contribution in [1.29, 1.82) is 0 Å². The van der Waals surface area contributed by atoms with Crippen molar-refractivity contribution in [2.24, 2.45) is 0 Å². The van der Waals surface area contributed by atoms with Crippen molar-refractivity contribution in [3.8, 4) is 12.3 Å². The summed E-state index contributed by atoms with van der Waals surface area (Å²) in [6, 6.07) is 0. The van der Waals surface area contributed by atoms with E-state index in [1.807, 2.05) is 7.74 Å². The van der Waals surface area contributed by atoms with E-state index in [-0.39, 0.29) is 0 Å². The van der Waals surface area contributed by atoms with Crippen LogP contribution in [0.4, 0.5) is 0 Å². The average Bonchev–Trinajstić information content (AvgIpc) is 1.61. The standard InChI is InChI=1S/C3H6B2O/c1-2-3-6-5-4/h1,5H,3-4H2. The first-order chi connectivity index (χ1) is 2.91. The molecule has 0 saturated carbocycles. The van der Waals surface area contributed by atoms with Crippen LogP contribution >= 0.6 is 0 Å². The lowest BCUT2D eigenvalue weighted by atomic mass is 9.72. The van der Waals surface area contributed by atoms with E-state index in [0.29, 0.717) is 14.0 Å². The third kappa shape index (κ3) is 3.65. The van der Waals surface area contributed by atoms with E-state index in [1.165, 1.54) is 0 Å². The molecule has 0 fully saturated rings. The maximum atomic E-state index is 4.84. The zero-order chi connectivity index (χ0) is 4.83. The Morgan fingerprint density at radius 2 is 2.67 bits per heavy atom. The second-order valence-corrected chi connectivity index (χ2v) is 0.841. The fourth-order valence-electron chi connectivity index (χ4n) is 0.161. The molecule has 0 N–H and O–H groups in total. The molecule has 0 saturated heterocycles. The predicted octanol–water partition coefficient (Wildman–Crippen LogP) is -1.46. The first kappa shape index (κ1) is 5.65. The van der Waals surface area contributed by atoms with Crippen LogP contribution in [0.1, 0.15) is 0 Å². The monoisotopic (exact) mass is 80.1 g/mol. The third-order valence-electron chi connectivity index (χ3n) is 0.390. The van der Waals surface area contributed by atoms with Gasteiger partial charge in [0, 0.05) is 0 Å². The molecule has 0 aliphatic rings. The summed E-state index contributed by atoms with van der Waals surface area (Å²) < 4.78 is 4.75. The molecule has 0 radical (unpaired) electrons. The van der Waals surface area contributed by atoms with E-state index in [9.17, 15) is 0 Å². The van der Waals surface area contributed by atoms with Gasteiger partial charge in [0.05, 0.1) is 6.61 Å². The zero-order valence-electron chi connectivity index (χ0n) is 3.90. The Hall–Kier alpha value is -0.350. The summed E-state index contributed by atoms with van der Waals surface area (Å²) in [5.41, 5.74) is 0. The molecule has 0 aliphatic carbocycles. The van der Waals surface area contributed by atoms with Gasteiger partial charge in [-0.1, -0.05) is 5.92 Å². The minimum absolute atomic E-state index is 0.441. The van der Waals surface area contributed by atoms with Crippen molar-refractivity contribution in [3.05, 3.63) is 0 Å². The van der Waals surface area contributed by atoms with Crippen molar-refractivity contribution < 1.29 is 4.65 Å². The smallest absolute Gasteiger partial charge is 0.231 e. The normalized spacial score (nSPS) is 6.50. The maximum absolute atomic E-state index is 4.84. The first-order valence-corrected chi connectivity index (χ1v) is 1.93. The van der Waals surface area contributed by atoms with E-state index in [1.54, 1.807) is 0 Å². The summed E-state index contributed by atoms with van der Waals surface area (Å²) in [4.78, 5) is 0. The molecule has 0 amide bonds. The number of terminal acetylenes is 1. The largest absolute Gasteiger partial charge is 0.439 e. The lowest BCUT2D eigenvalue weighted by molar-refractivity contribution is 0.405. The summed E-state index contributed by atoms with van der Waals surface area (Å²) in [5.74, 6) is 2.35. The Labute approximate surface area is 39.7 Å². The molecule has 0 aromatic heterocycles. The number of rotatable bonds is 2. The van der Waals surface area contributed by atoms with E-state index in [0.717, 1.165) is 0 Å². The van der Waals surface area contributed by atoms with Gasteiger partial charge in [0.1, 0.15) is 7.74 Å². The molecule has 0 atom stereocenters. The molecule has 3 heteroatoms. The fraction of sp³-hybridized carbons (Fsp3) is 0.333. The fourth-order valence-corrected chi connectivity index (χ4v) is 0.161. The quantitative estimate of drug-likeness (QED) is 0.223. The predicted molar refractivity (Wildman–Crippen MR) is 30.5 cm³/mol. The van der Waals surface area contributed by atoms with Crippen molar-refractivity contribution in [3.63, 3.8) is 0 Å². The maximum Gasteiger partial charge on any atom is 0.231 e. The molecule has 0 rings (SSSR count). The van der Waals surface area contributed by atoms with Gasteiger partial charge in [0.2, 0.25) is 7.37 Å². The highest BCUT2D eigenvalue weighted by Gasteiger charge is 1.72. The topological polar surface area (TPSA) is 9.23 Å². The molecule has 0 aromatic carbocycles. The van der Waals surface area contributed by atoms with E-state index < -0.39 is 0 Å². The van der Waals surface area contributed by atoms with E-state index >= 15 is 0 Å². The summed E-state index contributed by atoms with van der Waals surface area (Å²) in [6.45, 7) is 0.441. The molecule has 6 heavy (non-hydrogen) atoms. The molecule has 0 heterocycles. The second-order valence-electron chi connectivity index (χ2n) is 0.841. The summed E-state index contributed by atoms with van der Waals surface area (Å²) in [5, 5.41) is 0. The highest BCUT2D eigenvalue weighted by atomic mass is 16.4. The molecule has 0 aliphatic heterocycles. The molecule has 0 aromatic rings. The Bertz CT molecular complexity index is 56.3. The van der Waals surface area contributed by atoms with Crippen LogP contribution in [0.25, 0.3) is 0 Å². The van der Waals surface area contributed by atoms with Gasteiger partial charge in [-0.15, -0.1) is 6.42 Å². The van der Waals surface area contributed by atoms with Crippen LogP contribution in [-0.4, -0.2) is 21.7 Å². The van der Waals surface area contributed by atoms with Crippen LogP contribution in [-0.2, 0) is 4.65 Å². The molecule has 0 unspecified atom stereocenters. The first-order valence-electron chi connectivity index (χ1n) is 1.93. The summed E-state index contributed by atoms with van der Waals surface area (Å²) >= 11 is 0. The average molecular weight is 79.7 g/mol. The van der Waals surface area contributed by atoms with Crippen molar-refractivity contribution in [2.75, 3.05) is 6.61 Å². The Morgan fingerprint density at radius 3 is 2.83 bits per heavy atom. The van der Waals surface area contributed by atoms with Crippen LogP contribution in [0.2, 0.25) is 0 Å². The second kappa shape index (κ2) is 4.65. The van der Waals surface area contributed by atoms with Gasteiger partial charge in [-0.2, -0.15) is 0 Å². The number of hydrogen-bond donors (Lipinski definition) is 0. The highest BCUT2D eigenvalue weighted by molar-refractivity contribution is 6.85. The van der Waals surface area contributed by atoms with Crippen LogP contribution in [0, 0.1) is 12.3 Å². The summed E-state index contributed by atoms with van der Waals surface area (Å²) in [6.07, 6.45) is 4.84. The van der Waals surface area contributed by atoms with Gasteiger partial charge in [0.15, 0.2) is 0 Å². The Morgan fingerprint density at radius 1 is 2.00 bits per heavy atom. The van der Waals surface area contributed by atoms with Crippen LogP contribution in [0.3, 0.4) is 0 Å². The van der Waals surface area contributed by atoms with Gasteiger partial charge in [-0.3, -0.25) is 0 Å². The molecular formula is C3H6B2O. The van der Waals surface area contributed by atoms with Gasteiger partial charge in [0.25, 0.3) is 0 Å². The minimum atomic E-state index is 0.441. The van der Waals surface area contributed by atoms with Gasteiger partial charge in [-0.05, 0) is 0 Å². The molecule has 0 spiro atoms. The van der Waals surface area contributed by atoms with E-state index in [2.05, 4.69) is 5.92 Å².